The third-order valence-corrected chi connectivity index (χ3v) is 8.19. The van der Waals surface area contributed by atoms with Crippen molar-refractivity contribution in [1.29, 1.82) is 15.8 Å². The van der Waals surface area contributed by atoms with E-state index in [-0.39, 0.29) is 0 Å². The first-order chi connectivity index (χ1) is 23.6. The fourth-order valence-corrected chi connectivity index (χ4v) is 5.91. The first-order valence-electron chi connectivity index (χ1n) is 15.2. The van der Waals surface area contributed by atoms with Gasteiger partial charge in [-0.05, 0) is 123 Å². The van der Waals surface area contributed by atoms with E-state index in [9.17, 15) is 15.8 Å². The van der Waals surface area contributed by atoms with E-state index in [1.165, 1.54) is 0 Å². The fraction of sp³-hybridized carbons (Fsp3) is 0. The third-order valence-electron chi connectivity index (χ3n) is 8.19. The lowest BCUT2D eigenvalue weighted by molar-refractivity contribution is 1.26. The number of hydrogen-bond donors (Lipinski definition) is 0. The third kappa shape index (κ3) is 5.80. The zero-order valence-corrected chi connectivity index (χ0v) is 25.5. The number of pyridine rings is 3. The highest BCUT2D eigenvalue weighted by Gasteiger charge is 2.13. The van der Waals surface area contributed by atoms with E-state index in [4.69, 9.17) is 0 Å². The fourth-order valence-electron chi connectivity index (χ4n) is 5.91. The van der Waals surface area contributed by atoms with Crippen molar-refractivity contribution in [2.45, 2.75) is 0 Å². The minimum Gasteiger partial charge on any atom is -0.245 e. The Kier molecular flexibility index (Phi) is 8.01. The number of nitrogens with zero attached hydrogens (tertiary/aromatic N) is 6. The number of aromatic nitrogens is 3. The lowest BCUT2D eigenvalue weighted by atomic mass is 9.90. The summed E-state index contributed by atoms with van der Waals surface area (Å²) in [6, 6.07) is 48.7. The molecule has 0 fully saturated rings. The Labute approximate surface area is 278 Å². The highest BCUT2D eigenvalue weighted by Crippen LogP contribution is 2.37. The molecule has 0 atom stereocenters. The summed E-state index contributed by atoms with van der Waals surface area (Å²) in [6.45, 7) is 0. The molecule has 0 aliphatic carbocycles. The van der Waals surface area contributed by atoms with Crippen molar-refractivity contribution in [3.05, 3.63) is 163 Å². The molecule has 6 nitrogen and oxygen atoms in total. The van der Waals surface area contributed by atoms with Gasteiger partial charge in [0.15, 0.2) is 0 Å². The van der Waals surface area contributed by atoms with E-state index >= 15 is 0 Å². The van der Waals surface area contributed by atoms with Crippen molar-refractivity contribution in [1.82, 2.24) is 15.0 Å². The summed E-state index contributed by atoms with van der Waals surface area (Å²) in [5.41, 5.74) is 12.0. The predicted octanol–water partition coefficient (Wildman–Crippen LogP) is 9.49. The second-order valence-corrected chi connectivity index (χ2v) is 11.1. The maximum absolute atomic E-state index is 9.71. The van der Waals surface area contributed by atoms with Gasteiger partial charge in [-0.2, -0.15) is 15.8 Å². The van der Waals surface area contributed by atoms with Gasteiger partial charge in [0.1, 0.15) is 35.3 Å². The Morgan fingerprint density at radius 3 is 0.875 bits per heavy atom. The minimum absolute atomic E-state index is 0.372. The van der Waals surface area contributed by atoms with Gasteiger partial charge in [0.05, 0.1) is 0 Å². The van der Waals surface area contributed by atoms with Crippen LogP contribution in [0.1, 0.15) is 17.1 Å². The Bertz CT molecular complexity index is 2170. The van der Waals surface area contributed by atoms with E-state index in [0.717, 1.165) is 66.8 Å². The molecule has 3 aromatic heterocycles. The van der Waals surface area contributed by atoms with E-state index in [1.54, 1.807) is 18.6 Å². The molecule has 0 aliphatic rings. The van der Waals surface area contributed by atoms with Crippen LogP contribution in [-0.2, 0) is 0 Å². The van der Waals surface area contributed by atoms with Crippen LogP contribution in [0, 0.1) is 34.0 Å². The normalized spacial score (nSPS) is 10.4. The van der Waals surface area contributed by atoms with Crippen molar-refractivity contribution in [2.24, 2.45) is 0 Å². The van der Waals surface area contributed by atoms with Gasteiger partial charge in [0.25, 0.3) is 0 Å². The van der Waals surface area contributed by atoms with Crippen molar-refractivity contribution in [3.63, 3.8) is 0 Å². The summed E-state index contributed by atoms with van der Waals surface area (Å²) >= 11 is 0. The van der Waals surface area contributed by atoms with Gasteiger partial charge < -0.3 is 0 Å². The average molecular weight is 613 g/mol. The molecule has 0 bridgehead atoms. The quantitative estimate of drug-likeness (QED) is 0.185. The molecule has 0 radical (unpaired) electrons. The van der Waals surface area contributed by atoms with Crippen LogP contribution in [0.4, 0.5) is 0 Å². The average Bonchev–Trinajstić information content (AvgIpc) is 3.17. The van der Waals surface area contributed by atoms with Crippen LogP contribution in [0.5, 0.6) is 0 Å². The lowest BCUT2D eigenvalue weighted by Crippen LogP contribution is -1.91. The number of rotatable bonds is 6. The molecular weight excluding hydrogens is 589 g/mol. The van der Waals surface area contributed by atoms with Gasteiger partial charge in [0.2, 0.25) is 0 Å². The first kappa shape index (κ1) is 29.5. The molecule has 48 heavy (non-hydrogen) atoms. The van der Waals surface area contributed by atoms with Crippen LogP contribution in [0.25, 0.3) is 66.8 Å². The molecule has 3 heterocycles. The first-order valence-corrected chi connectivity index (χ1v) is 15.2. The Morgan fingerprint density at radius 2 is 0.583 bits per heavy atom. The largest absolute Gasteiger partial charge is 0.245 e. The molecule has 0 N–H and O–H groups in total. The highest BCUT2D eigenvalue weighted by molar-refractivity contribution is 5.86. The Morgan fingerprint density at radius 1 is 0.312 bits per heavy atom. The molecule has 4 aromatic carbocycles. The second kappa shape index (κ2) is 13.0. The summed E-state index contributed by atoms with van der Waals surface area (Å²) in [5.74, 6) is 0. The summed E-state index contributed by atoms with van der Waals surface area (Å²) < 4.78 is 0. The molecule has 6 heteroatoms. The SMILES string of the molecule is N#Cc1ncccc1-c1cccc(-c2cc(-c3cccc(-c4cccnc4C#N)c3)cc(-c3cccc(-c4cccnc4C#N)c3)c2)c1. The van der Waals surface area contributed by atoms with Crippen molar-refractivity contribution in [2.75, 3.05) is 0 Å². The molecule has 0 amide bonds. The molecule has 0 spiro atoms. The molecular formula is C42H24N6. The molecule has 0 saturated heterocycles. The standard InChI is InChI=1S/C42H24N6/c43-25-40-37(13-4-16-46-40)31-10-1-7-28(19-31)34-22-35(29-8-2-11-32(20-29)38-14-5-17-47-41(38)26-44)24-36(23-34)30-9-3-12-33(21-30)39-15-6-18-48-42(39)27-45/h1-24H. The van der Waals surface area contributed by atoms with E-state index < -0.39 is 0 Å². The van der Waals surface area contributed by atoms with Crippen LogP contribution < -0.4 is 0 Å². The van der Waals surface area contributed by atoms with E-state index in [2.05, 4.69) is 87.8 Å². The second-order valence-electron chi connectivity index (χ2n) is 11.1. The van der Waals surface area contributed by atoms with E-state index in [1.807, 2.05) is 72.8 Å². The zero-order valence-electron chi connectivity index (χ0n) is 25.5. The zero-order chi connectivity index (χ0) is 32.9. The van der Waals surface area contributed by atoms with Crippen molar-refractivity contribution < 1.29 is 0 Å². The van der Waals surface area contributed by atoms with Crippen molar-refractivity contribution >= 4 is 0 Å². The van der Waals surface area contributed by atoms with Gasteiger partial charge in [-0.15, -0.1) is 0 Å². The minimum atomic E-state index is 0.372. The molecule has 7 rings (SSSR count). The topological polar surface area (TPSA) is 110 Å². The highest BCUT2D eigenvalue weighted by atomic mass is 14.7. The molecule has 222 valence electrons. The molecule has 0 unspecified atom stereocenters. The van der Waals surface area contributed by atoms with Gasteiger partial charge in [-0.1, -0.05) is 54.6 Å². The molecule has 7 aromatic rings. The smallest absolute Gasteiger partial charge is 0.148 e. The summed E-state index contributed by atoms with van der Waals surface area (Å²) in [7, 11) is 0. The predicted molar refractivity (Wildman–Crippen MR) is 187 cm³/mol. The van der Waals surface area contributed by atoms with Gasteiger partial charge in [-0.25, -0.2) is 15.0 Å². The molecule has 0 saturated carbocycles. The number of hydrogen-bond acceptors (Lipinski definition) is 6. The van der Waals surface area contributed by atoms with Crippen LogP contribution in [0.3, 0.4) is 0 Å². The van der Waals surface area contributed by atoms with E-state index in [0.29, 0.717) is 17.1 Å². The van der Waals surface area contributed by atoms with Gasteiger partial charge in [-0.3, -0.25) is 0 Å². The van der Waals surface area contributed by atoms with Crippen LogP contribution >= 0.6 is 0 Å². The maximum Gasteiger partial charge on any atom is 0.148 e. The Hall–Kier alpha value is -7.20. The Balaban J connectivity index is 1.41. The van der Waals surface area contributed by atoms with Crippen molar-refractivity contribution in [3.8, 4) is 85.0 Å². The molecule has 0 aliphatic heterocycles. The van der Waals surface area contributed by atoms with Crippen LogP contribution in [-0.4, -0.2) is 15.0 Å². The van der Waals surface area contributed by atoms with Crippen LogP contribution in [0.2, 0.25) is 0 Å². The monoisotopic (exact) mass is 612 g/mol. The van der Waals surface area contributed by atoms with Gasteiger partial charge in [0, 0.05) is 35.3 Å². The maximum atomic E-state index is 9.71. The summed E-state index contributed by atoms with van der Waals surface area (Å²) in [6.07, 6.45) is 4.88. The number of nitriles is 3. The van der Waals surface area contributed by atoms with Crippen LogP contribution in [0.15, 0.2) is 146 Å². The lowest BCUT2D eigenvalue weighted by Gasteiger charge is -2.14. The summed E-state index contributed by atoms with van der Waals surface area (Å²) in [5, 5.41) is 29.1. The van der Waals surface area contributed by atoms with Gasteiger partial charge >= 0.3 is 0 Å². The summed E-state index contributed by atoms with van der Waals surface area (Å²) in [4.78, 5) is 12.8. The number of benzene rings is 4.